The molecule has 0 saturated heterocycles. The number of nitrogens with zero attached hydrogens (tertiary/aromatic N) is 3. The normalized spacial score (nSPS) is 11.0. The van der Waals surface area contributed by atoms with E-state index in [9.17, 15) is 14.9 Å². The molecule has 2 aromatic carbocycles. The molecule has 0 saturated carbocycles. The summed E-state index contributed by atoms with van der Waals surface area (Å²) in [6.45, 7) is 1.40. The lowest BCUT2D eigenvalue weighted by Crippen LogP contribution is -2.25. The van der Waals surface area contributed by atoms with Crippen molar-refractivity contribution in [1.82, 2.24) is 5.43 Å². The fraction of sp³-hybridized carbons (Fsp3) is 0.222. The highest BCUT2D eigenvalue weighted by atomic mass is 16.6. The standard InChI is InChI=1S/C18H20N4O4/c1-13(14-8-10-15(11-9-14)21(2)3)19-20-18(23)12-26-17-7-5-4-6-16(17)22(24)25/h4-11H,12H2,1-3H3,(H,20,23)/b19-13+. The van der Waals surface area contributed by atoms with Gasteiger partial charge in [-0.05, 0) is 30.7 Å². The topological polar surface area (TPSA) is 97.1 Å². The molecule has 0 aliphatic heterocycles. The van der Waals surface area contributed by atoms with Crippen molar-refractivity contribution in [3.8, 4) is 5.75 Å². The molecule has 1 amide bonds. The van der Waals surface area contributed by atoms with Gasteiger partial charge in [0.1, 0.15) is 0 Å². The molecular weight excluding hydrogens is 336 g/mol. The Hall–Kier alpha value is -3.42. The zero-order valence-electron chi connectivity index (χ0n) is 14.8. The number of benzene rings is 2. The number of carbonyl (C=O) groups excluding carboxylic acids is 1. The molecule has 0 bridgehead atoms. The van der Waals surface area contributed by atoms with Gasteiger partial charge >= 0.3 is 5.69 Å². The number of nitro benzene ring substituents is 1. The number of carbonyl (C=O) groups is 1. The molecule has 8 nitrogen and oxygen atoms in total. The molecule has 0 atom stereocenters. The fourth-order valence-electron chi connectivity index (χ4n) is 2.12. The minimum absolute atomic E-state index is 0.0348. The van der Waals surface area contributed by atoms with E-state index in [-0.39, 0.29) is 18.0 Å². The van der Waals surface area contributed by atoms with Crippen LogP contribution in [0.1, 0.15) is 12.5 Å². The molecule has 0 unspecified atom stereocenters. The molecule has 2 rings (SSSR count). The first kappa shape index (κ1) is 18.9. The van der Waals surface area contributed by atoms with Crippen molar-refractivity contribution in [3.05, 3.63) is 64.2 Å². The molecule has 0 aromatic heterocycles. The van der Waals surface area contributed by atoms with E-state index < -0.39 is 10.8 Å². The highest BCUT2D eigenvalue weighted by Crippen LogP contribution is 2.25. The number of nitrogens with one attached hydrogen (secondary N) is 1. The van der Waals surface area contributed by atoms with Crippen LogP contribution in [0.25, 0.3) is 0 Å². The predicted octanol–water partition coefficient (Wildman–Crippen LogP) is 2.58. The first-order valence-electron chi connectivity index (χ1n) is 7.85. The Bertz CT molecular complexity index is 816. The summed E-state index contributed by atoms with van der Waals surface area (Å²) in [5.74, 6) is -0.472. The summed E-state index contributed by atoms with van der Waals surface area (Å²) in [4.78, 5) is 24.2. The van der Waals surface area contributed by atoms with Crippen LogP contribution < -0.4 is 15.1 Å². The first-order chi connectivity index (χ1) is 12.4. The zero-order chi connectivity index (χ0) is 19.1. The maximum Gasteiger partial charge on any atom is 0.310 e. The van der Waals surface area contributed by atoms with Crippen LogP contribution in [-0.4, -0.2) is 37.2 Å². The van der Waals surface area contributed by atoms with Crippen molar-refractivity contribution in [2.24, 2.45) is 5.10 Å². The second-order valence-corrected chi connectivity index (χ2v) is 5.69. The quantitative estimate of drug-likeness (QED) is 0.467. The van der Waals surface area contributed by atoms with Gasteiger partial charge in [0.25, 0.3) is 5.91 Å². The smallest absolute Gasteiger partial charge is 0.310 e. The summed E-state index contributed by atoms with van der Waals surface area (Å²) in [6.07, 6.45) is 0. The number of nitro groups is 1. The zero-order valence-corrected chi connectivity index (χ0v) is 14.8. The number of amides is 1. The van der Waals surface area contributed by atoms with Crippen molar-refractivity contribution in [1.29, 1.82) is 0 Å². The predicted molar refractivity (Wildman–Crippen MR) is 99.7 cm³/mol. The molecule has 8 heteroatoms. The summed E-state index contributed by atoms with van der Waals surface area (Å²) in [6, 6.07) is 13.6. The van der Waals surface area contributed by atoms with Crippen molar-refractivity contribution in [2.75, 3.05) is 25.6 Å². The van der Waals surface area contributed by atoms with Gasteiger partial charge in [0.2, 0.25) is 0 Å². The van der Waals surface area contributed by atoms with E-state index in [1.165, 1.54) is 18.2 Å². The highest BCUT2D eigenvalue weighted by Gasteiger charge is 2.14. The van der Waals surface area contributed by atoms with Gasteiger partial charge in [-0.15, -0.1) is 0 Å². The SMILES string of the molecule is C/C(=N\NC(=O)COc1ccccc1[N+](=O)[O-])c1ccc(N(C)C)cc1. The molecule has 0 aliphatic carbocycles. The first-order valence-corrected chi connectivity index (χ1v) is 7.85. The molecule has 2 aromatic rings. The average molecular weight is 356 g/mol. The number of para-hydroxylation sites is 2. The number of hydrazone groups is 1. The number of rotatable bonds is 7. The largest absolute Gasteiger partial charge is 0.477 e. The Morgan fingerprint density at radius 2 is 1.85 bits per heavy atom. The molecular formula is C18H20N4O4. The summed E-state index contributed by atoms with van der Waals surface area (Å²) >= 11 is 0. The summed E-state index contributed by atoms with van der Waals surface area (Å²) in [5.41, 5.74) is 4.75. The Balaban J connectivity index is 1.93. The molecule has 0 fully saturated rings. The van der Waals surface area contributed by atoms with Crippen molar-refractivity contribution in [3.63, 3.8) is 0 Å². The van der Waals surface area contributed by atoms with E-state index in [2.05, 4.69) is 10.5 Å². The van der Waals surface area contributed by atoms with Crippen LogP contribution in [0.15, 0.2) is 53.6 Å². The lowest BCUT2D eigenvalue weighted by Gasteiger charge is -2.12. The molecule has 0 spiro atoms. The second-order valence-electron chi connectivity index (χ2n) is 5.69. The third-order valence-electron chi connectivity index (χ3n) is 3.57. The summed E-state index contributed by atoms with van der Waals surface area (Å²) in [5, 5.41) is 14.9. The number of ether oxygens (including phenoxy) is 1. The van der Waals surface area contributed by atoms with Crippen LogP contribution in [0.5, 0.6) is 5.75 Å². The van der Waals surface area contributed by atoms with Gasteiger partial charge in [0.05, 0.1) is 10.6 Å². The Morgan fingerprint density at radius 1 is 1.19 bits per heavy atom. The molecule has 0 heterocycles. The number of hydrogen-bond donors (Lipinski definition) is 1. The molecule has 1 N–H and O–H groups in total. The summed E-state index contributed by atoms with van der Waals surface area (Å²) < 4.78 is 5.21. The van der Waals surface area contributed by atoms with Gasteiger partial charge in [0, 0.05) is 25.8 Å². The van der Waals surface area contributed by atoms with Crippen LogP contribution in [0.2, 0.25) is 0 Å². The lowest BCUT2D eigenvalue weighted by atomic mass is 10.1. The minimum atomic E-state index is -0.563. The Kier molecular flexibility index (Phi) is 6.26. The van der Waals surface area contributed by atoms with Gasteiger partial charge in [0.15, 0.2) is 12.4 Å². The van der Waals surface area contributed by atoms with Crippen molar-refractivity contribution in [2.45, 2.75) is 6.92 Å². The maximum absolute atomic E-state index is 11.9. The van der Waals surface area contributed by atoms with E-state index in [0.717, 1.165) is 11.3 Å². The van der Waals surface area contributed by atoms with Crippen molar-refractivity contribution >= 4 is 23.0 Å². The minimum Gasteiger partial charge on any atom is -0.477 e. The molecule has 0 radical (unpaired) electrons. The van der Waals surface area contributed by atoms with E-state index in [0.29, 0.717) is 5.71 Å². The van der Waals surface area contributed by atoms with Gasteiger partial charge in [-0.3, -0.25) is 14.9 Å². The van der Waals surface area contributed by atoms with Crippen LogP contribution in [-0.2, 0) is 4.79 Å². The van der Waals surface area contributed by atoms with Gasteiger partial charge in [-0.2, -0.15) is 5.10 Å². The molecule has 0 aliphatic rings. The number of anilines is 1. The summed E-state index contributed by atoms with van der Waals surface area (Å²) in [7, 11) is 3.90. The Morgan fingerprint density at radius 3 is 2.46 bits per heavy atom. The number of hydrogen-bond acceptors (Lipinski definition) is 6. The second kappa shape index (κ2) is 8.61. The van der Waals surface area contributed by atoms with Crippen LogP contribution >= 0.6 is 0 Å². The van der Waals surface area contributed by atoms with Gasteiger partial charge in [-0.1, -0.05) is 24.3 Å². The molecule has 26 heavy (non-hydrogen) atoms. The lowest BCUT2D eigenvalue weighted by molar-refractivity contribution is -0.385. The van der Waals surface area contributed by atoms with Crippen molar-refractivity contribution < 1.29 is 14.5 Å². The van der Waals surface area contributed by atoms with Gasteiger partial charge < -0.3 is 9.64 Å². The third-order valence-corrected chi connectivity index (χ3v) is 3.57. The Labute approximate surface area is 151 Å². The van der Waals surface area contributed by atoms with E-state index in [4.69, 9.17) is 4.74 Å². The molecule has 136 valence electrons. The highest BCUT2D eigenvalue weighted by molar-refractivity contribution is 5.99. The monoisotopic (exact) mass is 356 g/mol. The van der Waals surface area contributed by atoms with E-state index in [1.54, 1.807) is 13.0 Å². The van der Waals surface area contributed by atoms with Crippen LogP contribution in [0, 0.1) is 10.1 Å². The third kappa shape index (κ3) is 5.04. The van der Waals surface area contributed by atoms with Crippen LogP contribution in [0.3, 0.4) is 0 Å². The van der Waals surface area contributed by atoms with Gasteiger partial charge in [-0.25, -0.2) is 5.43 Å². The average Bonchev–Trinajstić information content (AvgIpc) is 2.64. The maximum atomic E-state index is 11.9. The van der Waals surface area contributed by atoms with E-state index >= 15 is 0 Å². The van der Waals surface area contributed by atoms with E-state index in [1.807, 2.05) is 43.3 Å². The van der Waals surface area contributed by atoms with Crippen LogP contribution in [0.4, 0.5) is 11.4 Å². The fourth-order valence-corrected chi connectivity index (χ4v) is 2.12.